The molecule has 1 aromatic rings. The third-order valence-corrected chi connectivity index (χ3v) is 2.18. The van der Waals surface area contributed by atoms with Gasteiger partial charge in [0.2, 0.25) is 0 Å². The molecule has 60 valence electrons. The lowest BCUT2D eigenvalue weighted by Crippen LogP contribution is -1.94. The van der Waals surface area contributed by atoms with Gasteiger partial charge in [0, 0.05) is 4.47 Å². The van der Waals surface area contributed by atoms with Crippen LogP contribution in [0, 0.1) is 11.6 Å². The van der Waals surface area contributed by atoms with Crippen LogP contribution in [0.1, 0.15) is 0 Å². The molecular formula is C6H3BrClF2N. The second-order valence-corrected chi connectivity index (χ2v) is 3.11. The molecule has 0 amide bonds. The molecule has 0 unspecified atom stereocenters. The number of nitrogen functional groups attached to an aromatic ring is 1. The first-order valence-corrected chi connectivity index (χ1v) is 3.79. The van der Waals surface area contributed by atoms with E-state index in [1.807, 2.05) is 0 Å². The van der Waals surface area contributed by atoms with Crippen LogP contribution in [0.4, 0.5) is 14.5 Å². The van der Waals surface area contributed by atoms with Gasteiger partial charge >= 0.3 is 0 Å². The summed E-state index contributed by atoms with van der Waals surface area (Å²) >= 11 is 8.23. The molecule has 1 rings (SSSR count). The summed E-state index contributed by atoms with van der Waals surface area (Å²) in [7, 11) is 0. The average Bonchev–Trinajstić information content (AvgIpc) is 1.97. The molecule has 11 heavy (non-hydrogen) atoms. The van der Waals surface area contributed by atoms with E-state index in [0.29, 0.717) is 0 Å². The van der Waals surface area contributed by atoms with Crippen LogP contribution in [0.15, 0.2) is 10.5 Å². The van der Waals surface area contributed by atoms with E-state index in [1.54, 1.807) is 0 Å². The van der Waals surface area contributed by atoms with Gasteiger partial charge in [-0.25, -0.2) is 8.78 Å². The molecule has 2 N–H and O–H groups in total. The van der Waals surface area contributed by atoms with Crippen LogP contribution in [-0.2, 0) is 0 Å². The number of benzene rings is 1. The molecule has 0 aliphatic heterocycles. The fourth-order valence-electron chi connectivity index (χ4n) is 0.580. The molecule has 0 aliphatic rings. The van der Waals surface area contributed by atoms with Crippen LogP contribution in [0.5, 0.6) is 0 Å². The van der Waals surface area contributed by atoms with Gasteiger partial charge in [0.25, 0.3) is 0 Å². The van der Waals surface area contributed by atoms with Gasteiger partial charge in [0.1, 0.15) is 5.02 Å². The number of nitrogens with two attached hydrogens (primary N) is 1. The first kappa shape index (κ1) is 8.74. The summed E-state index contributed by atoms with van der Waals surface area (Å²) in [6.45, 7) is 0. The summed E-state index contributed by atoms with van der Waals surface area (Å²) in [4.78, 5) is 0. The standard InChI is InChI=1S/C6H3BrClF2N/c7-2-1-3(9)5(10)4(8)6(2)11/h1H,11H2. The lowest BCUT2D eigenvalue weighted by molar-refractivity contribution is 0.509. The van der Waals surface area contributed by atoms with Crippen molar-refractivity contribution in [3.8, 4) is 0 Å². The highest BCUT2D eigenvalue weighted by Crippen LogP contribution is 2.31. The van der Waals surface area contributed by atoms with Crippen molar-refractivity contribution in [2.24, 2.45) is 0 Å². The highest BCUT2D eigenvalue weighted by molar-refractivity contribution is 9.10. The van der Waals surface area contributed by atoms with Crippen molar-refractivity contribution in [3.05, 3.63) is 27.2 Å². The van der Waals surface area contributed by atoms with Crippen LogP contribution in [0.25, 0.3) is 0 Å². The zero-order valence-corrected chi connectivity index (χ0v) is 7.51. The number of halogens is 4. The van der Waals surface area contributed by atoms with E-state index in [-0.39, 0.29) is 10.2 Å². The Hall–Kier alpha value is -0.350. The van der Waals surface area contributed by atoms with Crippen LogP contribution < -0.4 is 5.73 Å². The quantitative estimate of drug-likeness (QED) is 0.422. The molecule has 0 aromatic heterocycles. The molecule has 0 saturated heterocycles. The van der Waals surface area contributed by atoms with E-state index in [1.165, 1.54) is 0 Å². The van der Waals surface area contributed by atoms with Crippen LogP contribution in [0.2, 0.25) is 5.02 Å². The minimum absolute atomic E-state index is 0.00515. The fourth-order valence-corrected chi connectivity index (χ4v) is 1.29. The molecule has 0 radical (unpaired) electrons. The Balaban J connectivity index is 3.46. The lowest BCUT2D eigenvalue weighted by Gasteiger charge is -2.02. The van der Waals surface area contributed by atoms with Crippen molar-refractivity contribution in [2.75, 3.05) is 5.73 Å². The summed E-state index contributed by atoms with van der Waals surface area (Å²) in [5, 5.41) is -0.392. The molecule has 5 heteroatoms. The van der Waals surface area contributed by atoms with Gasteiger partial charge in [0.15, 0.2) is 11.6 Å². The van der Waals surface area contributed by atoms with Crippen molar-refractivity contribution in [1.82, 2.24) is 0 Å². The van der Waals surface area contributed by atoms with Gasteiger partial charge in [-0.15, -0.1) is 0 Å². The minimum Gasteiger partial charge on any atom is -0.397 e. The van der Waals surface area contributed by atoms with E-state index >= 15 is 0 Å². The summed E-state index contributed by atoms with van der Waals surface area (Å²) in [5.41, 5.74) is 5.27. The van der Waals surface area contributed by atoms with Crippen LogP contribution >= 0.6 is 27.5 Å². The lowest BCUT2D eigenvalue weighted by atomic mass is 10.3. The molecule has 0 atom stereocenters. The summed E-state index contributed by atoms with van der Waals surface area (Å²) in [5.74, 6) is -2.14. The maximum Gasteiger partial charge on any atom is 0.179 e. The number of hydrogen-bond acceptors (Lipinski definition) is 1. The van der Waals surface area contributed by atoms with Gasteiger partial charge in [-0.05, 0) is 22.0 Å². The van der Waals surface area contributed by atoms with Crippen molar-refractivity contribution in [1.29, 1.82) is 0 Å². The van der Waals surface area contributed by atoms with Gasteiger partial charge in [-0.3, -0.25) is 0 Å². The Morgan fingerprint density at radius 1 is 1.45 bits per heavy atom. The Bertz CT molecular complexity index is 277. The molecule has 1 nitrogen and oxygen atoms in total. The first-order valence-electron chi connectivity index (χ1n) is 2.62. The van der Waals surface area contributed by atoms with Crippen molar-refractivity contribution < 1.29 is 8.78 Å². The Kier molecular flexibility index (Phi) is 2.34. The zero-order valence-electron chi connectivity index (χ0n) is 5.17. The topological polar surface area (TPSA) is 26.0 Å². The number of hydrogen-bond donors (Lipinski definition) is 1. The van der Waals surface area contributed by atoms with Crippen LogP contribution in [-0.4, -0.2) is 0 Å². The largest absolute Gasteiger partial charge is 0.397 e. The maximum absolute atomic E-state index is 12.6. The van der Waals surface area contributed by atoms with Gasteiger partial charge in [0.05, 0.1) is 5.69 Å². The Morgan fingerprint density at radius 2 is 2.00 bits per heavy atom. The molecule has 0 saturated carbocycles. The Morgan fingerprint density at radius 3 is 2.55 bits per heavy atom. The second-order valence-electron chi connectivity index (χ2n) is 1.88. The third-order valence-electron chi connectivity index (χ3n) is 1.15. The van der Waals surface area contributed by atoms with Crippen LogP contribution in [0.3, 0.4) is 0 Å². The highest BCUT2D eigenvalue weighted by atomic mass is 79.9. The average molecular weight is 242 g/mol. The monoisotopic (exact) mass is 241 g/mol. The Labute approximate surface area is 75.3 Å². The zero-order chi connectivity index (χ0) is 8.59. The van der Waals surface area contributed by atoms with Crippen molar-refractivity contribution >= 4 is 33.2 Å². The fraction of sp³-hybridized carbons (Fsp3) is 0. The van der Waals surface area contributed by atoms with E-state index in [4.69, 9.17) is 17.3 Å². The SMILES string of the molecule is Nc1c(Br)cc(F)c(F)c1Cl. The smallest absolute Gasteiger partial charge is 0.179 e. The van der Waals surface area contributed by atoms with Crippen molar-refractivity contribution in [2.45, 2.75) is 0 Å². The number of rotatable bonds is 0. The molecule has 0 fully saturated rings. The predicted molar refractivity (Wildman–Crippen MR) is 43.5 cm³/mol. The molecule has 0 spiro atoms. The maximum atomic E-state index is 12.6. The third kappa shape index (κ3) is 1.46. The van der Waals surface area contributed by atoms with E-state index in [9.17, 15) is 8.78 Å². The summed E-state index contributed by atoms with van der Waals surface area (Å²) < 4.78 is 25.3. The van der Waals surface area contributed by atoms with E-state index in [0.717, 1.165) is 6.07 Å². The highest BCUT2D eigenvalue weighted by Gasteiger charge is 2.12. The molecular weight excluding hydrogens is 239 g/mol. The van der Waals surface area contributed by atoms with Crippen molar-refractivity contribution in [3.63, 3.8) is 0 Å². The predicted octanol–water partition coefficient (Wildman–Crippen LogP) is 2.96. The normalized spacial score (nSPS) is 10.2. The van der Waals surface area contributed by atoms with E-state index in [2.05, 4.69) is 15.9 Å². The van der Waals surface area contributed by atoms with E-state index < -0.39 is 16.7 Å². The minimum atomic E-state index is -1.12. The molecule has 0 heterocycles. The van der Waals surface area contributed by atoms with Gasteiger partial charge in [-0.2, -0.15) is 0 Å². The number of anilines is 1. The molecule has 1 aromatic carbocycles. The first-order chi connectivity index (χ1) is 5.04. The summed E-state index contributed by atoms with van der Waals surface area (Å²) in [6.07, 6.45) is 0. The molecule has 0 aliphatic carbocycles. The summed E-state index contributed by atoms with van der Waals surface area (Å²) in [6, 6.07) is 0.927. The molecule has 0 bridgehead atoms. The second kappa shape index (κ2) is 2.95. The van der Waals surface area contributed by atoms with Gasteiger partial charge < -0.3 is 5.73 Å². The van der Waals surface area contributed by atoms with Gasteiger partial charge in [-0.1, -0.05) is 11.6 Å².